The number of ether oxygens (including phenoxy) is 1. The van der Waals surface area contributed by atoms with Crippen molar-refractivity contribution >= 4 is 33.2 Å². The van der Waals surface area contributed by atoms with Gasteiger partial charge < -0.3 is 9.64 Å². The van der Waals surface area contributed by atoms with Crippen molar-refractivity contribution in [1.82, 2.24) is 9.88 Å². The predicted octanol–water partition coefficient (Wildman–Crippen LogP) is 4.57. The van der Waals surface area contributed by atoms with Gasteiger partial charge in [0.25, 0.3) is 0 Å². The lowest BCUT2D eigenvalue weighted by Gasteiger charge is -2.35. The molecule has 0 atom stereocenters. The largest absolute Gasteiger partial charge is 0.456 e. The molecule has 0 bridgehead atoms. The molecule has 3 heterocycles. The van der Waals surface area contributed by atoms with E-state index in [9.17, 15) is 4.79 Å². The number of carbonyl (C=O) groups excluding carboxylic acids is 1. The highest BCUT2D eigenvalue weighted by Gasteiger charge is 2.21. The minimum absolute atomic E-state index is 0.270. The molecule has 3 aromatic rings. The Bertz CT molecular complexity index is 983. The molecule has 0 aliphatic carbocycles. The van der Waals surface area contributed by atoms with Gasteiger partial charge in [0.15, 0.2) is 0 Å². The van der Waals surface area contributed by atoms with E-state index >= 15 is 0 Å². The van der Waals surface area contributed by atoms with Gasteiger partial charge in [-0.05, 0) is 61.4 Å². The summed E-state index contributed by atoms with van der Waals surface area (Å²) in [5.41, 5.74) is 1.34. The Hall–Kier alpha value is -2.44. The minimum Gasteiger partial charge on any atom is -0.456 e. The van der Waals surface area contributed by atoms with Crippen molar-refractivity contribution in [1.29, 1.82) is 0 Å². The number of pyridine rings is 1. The second-order valence-electron chi connectivity index (χ2n) is 8.44. The Labute approximate surface area is 175 Å². The normalized spacial score (nSPS) is 15.6. The number of benzene rings is 1. The Morgan fingerprint density at radius 2 is 1.79 bits per heavy atom. The van der Waals surface area contributed by atoms with Crippen LogP contribution in [0.3, 0.4) is 0 Å². The van der Waals surface area contributed by atoms with E-state index in [0.29, 0.717) is 5.56 Å². The molecule has 5 nitrogen and oxygen atoms in total. The number of piperazine rings is 1. The van der Waals surface area contributed by atoms with E-state index in [1.807, 2.05) is 51.2 Å². The summed E-state index contributed by atoms with van der Waals surface area (Å²) in [4.78, 5) is 21.6. The first-order valence-corrected chi connectivity index (χ1v) is 10.9. The van der Waals surface area contributed by atoms with Crippen molar-refractivity contribution in [3.8, 4) is 0 Å². The van der Waals surface area contributed by atoms with Gasteiger partial charge in [0.1, 0.15) is 11.4 Å². The van der Waals surface area contributed by atoms with E-state index in [2.05, 4.69) is 32.3 Å². The zero-order valence-corrected chi connectivity index (χ0v) is 18.0. The molecule has 6 heteroatoms. The van der Waals surface area contributed by atoms with Crippen molar-refractivity contribution in [3.05, 3.63) is 59.1 Å². The maximum Gasteiger partial charge on any atom is 0.338 e. The van der Waals surface area contributed by atoms with Crippen LogP contribution in [-0.4, -0.2) is 47.6 Å². The summed E-state index contributed by atoms with van der Waals surface area (Å²) >= 11 is 1.76. The molecule has 1 aromatic carbocycles. The summed E-state index contributed by atoms with van der Waals surface area (Å²) in [6, 6.07) is 12.0. The number of rotatable bonds is 4. The number of nitrogens with zero attached hydrogens (tertiary/aromatic N) is 3. The molecule has 1 aliphatic rings. The number of anilines is 1. The fourth-order valence-electron chi connectivity index (χ4n) is 3.56. The van der Waals surface area contributed by atoms with Crippen LogP contribution in [0.15, 0.2) is 48.0 Å². The maximum atomic E-state index is 12.2. The molecule has 0 N–H and O–H groups in total. The number of thiophene rings is 1. The van der Waals surface area contributed by atoms with Crippen LogP contribution >= 0.6 is 11.3 Å². The summed E-state index contributed by atoms with van der Waals surface area (Å²) in [7, 11) is 0. The lowest BCUT2D eigenvalue weighted by atomic mass is 10.1. The average Bonchev–Trinajstić information content (AvgIpc) is 3.17. The van der Waals surface area contributed by atoms with Crippen molar-refractivity contribution < 1.29 is 9.53 Å². The Balaban J connectivity index is 1.34. The first-order chi connectivity index (χ1) is 13.9. The van der Waals surface area contributed by atoms with Gasteiger partial charge in [-0.1, -0.05) is 12.1 Å². The lowest BCUT2D eigenvalue weighted by Crippen LogP contribution is -2.46. The second-order valence-corrected chi connectivity index (χ2v) is 9.35. The van der Waals surface area contributed by atoms with Gasteiger partial charge in [-0.3, -0.25) is 4.90 Å². The molecule has 1 aliphatic heterocycles. The number of hydrogen-bond acceptors (Lipinski definition) is 6. The summed E-state index contributed by atoms with van der Waals surface area (Å²) in [6.45, 7) is 10.5. The summed E-state index contributed by atoms with van der Waals surface area (Å²) < 4.78 is 6.71. The maximum absolute atomic E-state index is 12.2. The number of esters is 1. The highest BCUT2D eigenvalue weighted by molar-refractivity contribution is 7.17. The molecule has 2 aromatic heterocycles. The molecule has 152 valence electrons. The molecular weight excluding hydrogens is 382 g/mol. The van der Waals surface area contributed by atoms with Crippen LogP contribution in [0.5, 0.6) is 0 Å². The Morgan fingerprint density at radius 3 is 2.48 bits per heavy atom. The molecule has 0 spiro atoms. The SMILES string of the molecule is CC(C)(C)OC(=O)c1ccc(CN2CCN(c3nccc4ccsc34)CC2)cc1. The van der Waals surface area contributed by atoms with E-state index in [1.54, 1.807) is 11.3 Å². The van der Waals surface area contributed by atoms with Gasteiger partial charge in [0.2, 0.25) is 0 Å². The second kappa shape index (κ2) is 8.13. The predicted molar refractivity (Wildman–Crippen MR) is 119 cm³/mol. The fourth-order valence-corrected chi connectivity index (χ4v) is 4.47. The van der Waals surface area contributed by atoms with Crippen molar-refractivity contribution in [2.45, 2.75) is 32.9 Å². The summed E-state index contributed by atoms with van der Waals surface area (Å²) in [6.07, 6.45) is 1.91. The quantitative estimate of drug-likeness (QED) is 0.591. The van der Waals surface area contributed by atoms with Crippen LogP contribution in [0.2, 0.25) is 0 Å². The molecule has 0 saturated carbocycles. The number of aromatic nitrogens is 1. The molecule has 1 saturated heterocycles. The Morgan fingerprint density at radius 1 is 1.07 bits per heavy atom. The van der Waals surface area contributed by atoms with Gasteiger partial charge >= 0.3 is 5.97 Å². The fraction of sp³-hybridized carbons (Fsp3) is 0.391. The van der Waals surface area contributed by atoms with Crippen molar-refractivity contribution in [2.24, 2.45) is 0 Å². The third-order valence-electron chi connectivity index (χ3n) is 5.02. The molecule has 1 fully saturated rings. The van der Waals surface area contributed by atoms with Crippen LogP contribution < -0.4 is 4.90 Å². The van der Waals surface area contributed by atoms with E-state index in [1.165, 1.54) is 15.6 Å². The standard InChI is InChI=1S/C23H27N3O2S/c1-23(2,3)28-22(27)19-6-4-17(5-7-19)16-25-11-13-26(14-12-25)21-20-18(8-10-24-21)9-15-29-20/h4-10,15H,11-14,16H2,1-3H3. The van der Waals surface area contributed by atoms with Crippen molar-refractivity contribution in [3.63, 3.8) is 0 Å². The van der Waals surface area contributed by atoms with Crippen LogP contribution in [0, 0.1) is 0 Å². The molecule has 4 rings (SSSR count). The molecule has 0 amide bonds. The van der Waals surface area contributed by atoms with Crippen LogP contribution in [-0.2, 0) is 11.3 Å². The monoisotopic (exact) mass is 409 g/mol. The van der Waals surface area contributed by atoms with Gasteiger partial charge in [-0.2, -0.15) is 0 Å². The smallest absolute Gasteiger partial charge is 0.338 e. The minimum atomic E-state index is -0.474. The van der Waals surface area contributed by atoms with Crippen LogP contribution in [0.25, 0.3) is 10.1 Å². The average molecular weight is 410 g/mol. The first-order valence-electron chi connectivity index (χ1n) is 10.0. The van der Waals surface area contributed by atoms with E-state index in [4.69, 9.17) is 4.74 Å². The molecule has 0 unspecified atom stereocenters. The van der Waals surface area contributed by atoms with Gasteiger partial charge in [0.05, 0.1) is 10.3 Å². The van der Waals surface area contributed by atoms with Gasteiger partial charge in [-0.25, -0.2) is 9.78 Å². The van der Waals surface area contributed by atoms with E-state index in [-0.39, 0.29) is 5.97 Å². The van der Waals surface area contributed by atoms with Gasteiger partial charge in [0, 0.05) is 38.9 Å². The Kier molecular flexibility index (Phi) is 5.56. The van der Waals surface area contributed by atoms with Gasteiger partial charge in [-0.15, -0.1) is 11.3 Å². The third kappa shape index (κ3) is 4.77. The summed E-state index contributed by atoms with van der Waals surface area (Å²) in [5.74, 6) is 0.840. The highest BCUT2D eigenvalue weighted by Crippen LogP contribution is 2.30. The van der Waals surface area contributed by atoms with Crippen LogP contribution in [0.4, 0.5) is 5.82 Å². The molecular formula is C23H27N3O2S. The van der Waals surface area contributed by atoms with E-state index in [0.717, 1.165) is 38.5 Å². The third-order valence-corrected chi connectivity index (χ3v) is 5.94. The first kappa shape index (κ1) is 19.9. The highest BCUT2D eigenvalue weighted by atomic mass is 32.1. The molecule has 29 heavy (non-hydrogen) atoms. The number of hydrogen-bond donors (Lipinski definition) is 0. The molecule has 0 radical (unpaired) electrons. The number of carbonyl (C=O) groups is 1. The van der Waals surface area contributed by atoms with E-state index < -0.39 is 5.60 Å². The van der Waals surface area contributed by atoms with Crippen molar-refractivity contribution in [2.75, 3.05) is 31.1 Å². The zero-order valence-electron chi connectivity index (χ0n) is 17.2. The zero-order chi connectivity index (χ0) is 20.4. The number of fused-ring (bicyclic) bond motifs is 1. The lowest BCUT2D eigenvalue weighted by molar-refractivity contribution is 0.00695. The topological polar surface area (TPSA) is 45.7 Å². The summed E-state index contributed by atoms with van der Waals surface area (Å²) in [5, 5.41) is 3.40. The van der Waals surface area contributed by atoms with Crippen LogP contribution in [0.1, 0.15) is 36.7 Å².